The molecule has 5 heteroatoms. The zero-order valence-corrected chi connectivity index (χ0v) is 11.3. The van der Waals surface area contributed by atoms with Gasteiger partial charge in [-0.05, 0) is 31.0 Å². The van der Waals surface area contributed by atoms with E-state index in [9.17, 15) is 4.39 Å². The zero-order chi connectivity index (χ0) is 12.4. The molecular weight excluding hydrogens is 259 g/mol. The van der Waals surface area contributed by atoms with Crippen LogP contribution >= 0.6 is 23.4 Å². The summed E-state index contributed by atoms with van der Waals surface area (Å²) in [5.41, 5.74) is 0.380. The van der Waals surface area contributed by atoms with Crippen LogP contribution in [0.2, 0.25) is 5.02 Å². The van der Waals surface area contributed by atoms with Crippen molar-refractivity contribution in [2.45, 2.75) is 19.9 Å². The molecular formula is C12H14ClFN2S. The van der Waals surface area contributed by atoms with E-state index in [0.717, 1.165) is 10.9 Å². The molecule has 1 N–H and O–H groups in total. The fourth-order valence-corrected chi connectivity index (χ4v) is 2.77. The smallest absolute Gasteiger partial charge is 0.161 e. The van der Waals surface area contributed by atoms with Gasteiger partial charge < -0.3 is 5.32 Å². The first kappa shape index (κ1) is 12.7. The summed E-state index contributed by atoms with van der Waals surface area (Å²) in [5, 5.41) is 4.27. The van der Waals surface area contributed by atoms with Crippen molar-refractivity contribution in [1.82, 2.24) is 0 Å². The Morgan fingerprint density at radius 1 is 1.47 bits per heavy atom. The van der Waals surface area contributed by atoms with Crippen molar-refractivity contribution >= 4 is 34.2 Å². The summed E-state index contributed by atoms with van der Waals surface area (Å²) >= 11 is 7.45. The number of aliphatic imine (C=N–C) groups is 1. The van der Waals surface area contributed by atoms with E-state index in [0.29, 0.717) is 16.6 Å². The first-order valence-corrected chi connectivity index (χ1v) is 6.85. The zero-order valence-electron chi connectivity index (χ0n) is 9.71. The van der Waals surface area contributed by atoms with Crippen LogP contribution in [0.25, 0.3) is 0 Å². The minimum absolute atomic E-state index is 0.265. The molecule has 0 saturated heterocycles. The lowest BCUT2D eigenvalue weighted by molar-refractivity contribution is 0.537. The van der Waals surface area contributed by atoms with Gasteiger partial charge in [0.05, 0.1) is 11.7 Å². The molecule has 0 spiro atoms. The molecule has 2 unspecified atom stereocenters. The Hall–Kier alpha value is -0.740. The highest BCUT2D eigenvalue weighted by Crippen LogP contribution is 2.26. The summed E-state index contributed by atoms with van der Waals surface area (Å²) in [4.78, 5) is 4.49. The molecule has 1 heterocycles. The van der Waals surface area contributed by atoms with Gasteiger partial charge in [0.15, 0.2) is 5.17 Å². The van der Waals surface area contributed by atoms with Gasteiger partial charge in [-0.2, -0.15) is 0 Å². The first-order chi connectivity index (χ1) is 8.06. The SMILES string of the molecule is CC1CSC(Nc2cc(Cl)ccc2F)=NC1C. The van der Waals surface area contributed by atoms with E-state index < -0.39 is 0 Å². The predicted octanol–water partition coefficient (Wildman–Crippen LogP) is 4.02. The third-order valence-corrected chi connectivity index (χ3v) is 4.21. The predicted molar refractivity (Wildman–Crippen MR) is 73.6 cm³/mol. The van der Waals surface area contributed by atoms with Crippen LogP contribution in [0.3, 0.4) is 0 Å². The molecule has 2 nitrogen and oxygen atoms in total. The van der Waals surface area contributed by atoms with Crippen LogP contribution in [0.15, 0.2) is 23.2 Å². The molecule has 1 aromatic rings. The van der Waals surface area contributed by atoms with Crippen molar-refractivity contribution in [3.63, 3.8) is 0 Å². The van der Waals surface area contributed by atoms with Crippen molar-refractivity contribution in [2.75, 3.05) is 11.1 Å². The number of anilines is 1. The number of benzene rings is 1. The average molecular weight is 273 g/mol. The van der Waals surface area contributed by atoms with E-state index in [1.165, 1.54) is 12.1 Å². The fraction of sp³-hybridized carbons (Fsp3) is 0.417. The lowest BCUT2D eigenvalue weighted by Gasteiger charge is -2.23. The number of halogens is 2. The summed E-state index contributed by atoms with van der Waals surface area (Å²) in [6.07, 6.45) is 0. The highest BCUT2D eigenvalue weighted by molar-refractivity contribution is 8.14. The minimum atomic E-state index is -0.316. The second kappa shape index (κ2) is 5.27. The third-order valence-electron chi connectivity index (χ3n) is 2.80. The van der Waals surface area contributed by atoms with Gasteiger partial charge in [-0.1, -0.05) is 30.3 Å². The van der Waals surface area contributed by atoms with Crippen LogP contribution in [0.4, 0.5) is 10.1 Å². The van der Waals surface area contributed by atoms with Crippen LogP contribution in [0.1, 0.15) is 13.8 Å². The number of nitrogens with one attached hydrogen (secondary N) is 1. The summed E-state index contributed by atoms with van der Waals surface area (Å²) in [7, 11) is 0. The van der Waals surface area contributed by atoms with Gasteiger partial charge in [0.2, 0.25) is 0 Å². The van der Waals surface area contributed by atoms with Crippen LogP contribution in [0, 0.1) is 11.7 Å². The number of hydrogen-bond donors (Lipinski definition) is 1. The van der Waals surface area contributed by atoms with Gasteiger partial charge in [0, 0.05) is 10.8 Å². The van der Waals surface area contributed by atoms with Crippen molar-refractivity contribution in [1.29, 1.82) is 0 Å². The molecule has 0 fully saturated rings. The minimum Gasteiger partial charge on any atom is -0.333 e. The van der Waals surface area contributed by atoms with Gasteiger partial charge in [-0.15, -0.1) is 0 Å². The molecule has 0 aliphatic carbocycles. The monoisotopic (exact) mass is 272 g/mol. The Bertz CT molecular complexity index is 450. The molecule has 0 saturated carbocycles. The fourth-order valence-electron chi connectivity index (χ4n) is 1.48. The Kier molecular flexibility index (Phi) is 3.94. The number of thioether (sulfide) groups is 1. The molecule has 1 aliphatic heterocycles. The number of rotatable bonds is 1. The van der Waals surface area contributed by atoms with Gasteiger partial charge in [-0.25, -0.2) is 4.39 Å². The molecule has 0 aromatic heterocycles. The lowest BCUT2D eigenvalue weighted by Crippen LogP contribution is -2.25. The van der Waals surface area contributed by atoms with E-state index in [1.54, 1.807) is 17.8 Å². The third kappa shape index (κ3) is 3.13. The Morgan fingerprint density at radius 3 is 2.94 bits per heavy atom. The van der Waals surface area contributed by atoms with E-state index in [-0.39, 0.29) is 11.9 Å². The molecule has 0 radical (unpaired) electrons. The average Bonchev–Trinajstić information content (AvgIpc) is 2.29. The Balaban J connectivity index is 2.16. The second-order valence-corrected chi connectivity index (χ2v) is 5.66. The summed E-state index contributed by atoms with van der Waals surface area (Å²) in [6, 6.07) is 4.72. The molecule has 1 aliphatic rings. The summed E-state index contributed by atoms with van der Waals surface area (Å²) in [6.45, 7) is 4.23. The number of hydrogen-bond acceptors (Lipinski definition) is 3. The number of amidine groups is 1. The van der Waals surface area contributed by atoms with Gasteiger partial charge >= 0.3 is 0 Å². The van der Waals surface area contributed by atoms with Crippen molar-refractivity contribution in [3.8, 4) is 0 Å². The van der Waals surface area contributed by atoms with E-state index in [1.807, 2.05) is 0 Å². The Labute approximate surface area is 110 Å². The van der Waals surface area contributed by atoms with Crippen molar-refractivity contribution in [2.24, 2.45) is 10.9 Å². The summed E-state index contributed by atoms with van der Waals surface area (Å²) < 4.78 is 13.5. The largest absolute Gasteiger partial charge is 0.333 e. The van der Waals surface area contributed by atoms with Crippen LogP contribution in [0.5, 0.6) is 0 Å². The van der Waals surface area contributed by atoms with Crippen molar-refractivity contribution in [3.05, 3.63) is 29.0 Å². The van der Waals surface area contributed by atoms with E-state index in [4.69, 9.17) is 11.6 Å². The molecule has 17 heavy (non-hydrogen) atoms. The second-order valence-electron chi connectivity index (χ2n) is 4.21. The maximum Gasteiger partial charge on any atom is 0.161 e. The molecule has 0 amide bonds. The maximum atomic E-state index is 13.5. The van der Waals surface area contributed by atoms with Crippen LogP contribution < -0.4 is 5.32 Å². The van der Waals surface area contributed by atoms with Crippen molar-refractivity contribution < 1.29 is 4.39 Å². The maximum absolute atomic E-state index is 13.5. The standard InChI is InChI=1S/C12H14ClFN2S/c1-7-6-17-12(15-8(7)2)16-11-5-9(13)3-4-10(11)14/h3-5,7-8H,6H2,1-2H3,(H,15,16). The normalized spacial score (nSPS) is 24.4. The Morgan fingerprint density at radius 2 is 2.24 bits per heavy atom. The molecule has 2 rings (SSSR count). The first-order valence-electron chi connectivity index (χ1n) is 5.49. The van der Waals surface area contributed by atoms with Gasteiger partial charge in [0.25, 0.3) is 0 Å². The molecule has 0 bridgehead atoms. The summed E-state index contributed by atoms with van der Waals surface area (Å²) in [5.74, 6) is 1.23. The molecule has 2 atom stereocenters. The van der Waals surface area contributed by atoms with Gasteiger partial charge in [-0.3, -0.25) is 4.99 Å². The van der Waals surface area contributed by atoms with Crippen LogP contribution in [-0.4, -0.2) is 17.0 Å². The molecule has 1 aromatic carbocycles. The number of nitrogens with zero attached hydrogens (tertiary/aromatic N) is 1. The molecule has 92 valence electrons. The van der Waals surface area contributed by atoms with Crippen LogP contribution in [-0.2, 0) is 0 Å². The lowest BCUT2D eigenvalue weighted by atomic mass is 10.1. The highest BCUT2D eigenvalue weighted by atomic mass is 35.5. The van der Waals surface area contributed by atoms with E-state index in [2.05, 4.69) is 24.2 Å². The quantitative estimate of drug-likeness (QED) is 0.835. The van der Waals surface area contributed by atoms with Gasteiger partial charge in [0.1, 0.15) is 5.82 Å². The highest BCUT2D eigenvalue weighted by Gasteiger charge is 2.19. The van der Waals surface area contributed by atoms with E-state index >= 15 is 0 Å². The topological polar surface area (TPSA) is 24.4 Å².